The molecule has 0 aromatic carbocycles. The summed E-state index contributed by atoms with van der Waals surface area (Å²) in [4.78, 5) is 58.5. The van der Waals surface area contributed by atoms with E-state index in [-0.39, 0.29) is 59.2 Å². The average molecular weight is 1060 g/mol. The van der Waals surface area contributed by atoms with Crippen LogP contribution in [0.3, 0.4) is 0 Å². The predicted molar refractivity (Wildman–Crippen MR) is 292 cm³/mol. The molecule has 0 aromatic rings. The molecule has 1 amide bonds. The van der Waals surface area contributed by atoms with E-state index in [4.69, 9.17) is 32.8 Å². The molecule has 4 aliphatic rings. The highest BCUT2D eigenvalue weighted by Gasteiger charge is 2.53. The number of aliphatic hydroxyl groups is 2. The molecule has 0 radical (unpaired) electrons. The van der Waals surface area contributed by atoms with Crippen LogP contribution >= 0.6 is 0 Å². The number of allylic oxidation sites excluding steroid dienone is 6. The summed E-state index contributed by atoms with van der Waals surface area (Å²) in [5.74, 6) is -6.02. The van der Waals surface area contributed by atoms with Crippen molar-refractivity contribution in [3.8, 4) is 0 Å². The van der Waals surface area contributed by atoms with Gasteiger partial charge in [0.15, 0.2) is 14.1 Å². The predicted octanol–water partition coefficient (Wildman–Crippen LogP) is 10.0. The lowest BCUT2D eigenvalue weighted by molar-refractivity contribution is -0.265. The van der Waals surface area contributed by atoms with E-state index in [0.29, 0.717) is 76.6 Å². The van der Waals surface area contributed by atoms with Gasteiger partial charge in [0.2, 0.25) is 5.79 Å². The largest absolute Gasteiger partial charge is 0.461 e. The molecule has 74 heavy (non-hydrogen) atoms. The Labute approximate surface area is 446 Å². The standard InChI is InChI=1S/C59H99NO13Si/c1-38-21-17-16-18-22-40(3)50(67-11)37-46-27-25-44(7)59(66,73-46)55(63)56(64)60-30-20-19-23-47(60)57(65)72-48(28-24-39(2)34-43(6)53(62)54(69-13)52(61)42(5)33-38)41(4)35-45-26-29-49(51(36-45)68-12)70-31-32-71-74(14,15)58(8,9)10/h16-18,21-22,34,38-39,41-42,44-51,53-54,62,66H,19-20,23-33,35-37H2,1-15H3/b18-16?,21-17+,40-22?,43-34+/t38-,39+,41-,42-,44-,45+,46+,47+,48+,49-,50+,51-,53-,54+,59-/m1/s1. The van der Waals surface area contributed by atoms with Crippen LogP contribution in [0.4, 0.5) is 0 Å². The topological polar surface area (TPSA) is 177 Å². The third kappa shape index (κ3) is 17.6. The number of carbonyl (C=O) groups is 4. The Kier molecular flexibility index (Phi) is 25.1. The summed E-state index contributed by atoms with van der Waals surface area (Å²) >= 11 is 0. The minimum Gasteiger partial charge on any atom is -0.461 e. The normalized spacial score (nSPS) is 36.3. The van der Waals surface area contributed by atoms with Gasteiger partial charge in [0.05, 0.1) is 37.6 Å². The van der Waals surface area contributed by atoms with E-state index in [9.17, 15) is 29.4 Å². The fourth-order valence-electron chi connectivity index (χ4n) is 11.2. The second-order valence-corrected chi connectivity index (χ2v) is 28.9. The van der Waals surface area contributed by atoms with Gasteiger partial charge in [-0.25, -0.2) is 4.79 Å². The number of ether oxygens (including phenoxy) is 6. The Morgan fingerprint density at radius 2 is 1.53 bits per heavy atom. The van der Waals surface area contributed by atoms with Gasteiger partial charge in [-0.15, -0.1) is 0 Å². The summed E-state index contributed by atoms with van der Waals surface area (Å²) in [6.07, 6.45) is 15.7. The Balaban J connectivity index is 1.62. The Hall–Kier alpha value is -2.86. The number of rotatable bonds is 11. The number of nitrogens with zero attached hydrogens (tertiary/aromatic N) is 1. The lowest BCUT2D eigenvalue weighted by Gasteiger charge is -2.42. The van der Waals surface area contributed by atoms with Crippen molar-refractivity contribution in [1.82, 2.24) is 4.90 Å². The summed E-state index contributed by atoms with van der Waals surface area (Å²) < 4.78 is 43.1. The van der Waals surface area contributed by atoms with Gasteiger partial charge in [0.25, 0.3) is 11.7 Å². The van der Waals surface area contributed by atoms with Crippen LogP contribution in [0.2, 0.25) is 18.1 Å². The van der Waals surface area contributed by atoms with Crippen LogP contribution in [0.25, 0.3) is 0 Å². The molecule has 1 saturated carbocycles. The Morgan fingerprint density at radius 3 is 2.19 bits per heavy atom. The van der Waals surface area contributed by atoms with E-state index in [0.717, 1.165) is 31.3 Å². The molecular formula is C59H99NO13Si. The number of cyclic esters (lactones) is 1. The smallest absolute Gasteiger partial charge is 0.329 e. The maximum absolute atomic E-state index is 14.6. The van der Waals surface area contributed by atoms with Crippen molar-refractivity contribution < 1.29 is 62.2 Å². The van der Waals surface area contributed by atoms with Gasteiger partial charge in [-0.2, -0.15) is 0 Å². The Bertz CT molecular complexity index is 1940. The van der Waals surface area contributed by atoms with E-state index in [2.05, 4.69) is 47.7 Å². The minimum atomic E-state index is -2.38. The molecule has 3 heterocycles. The number of Topliss-reactive ketones (excluding diaryl/α,β-unsaturated/α-hetero) is 2. The zero-order valence-corrected chi connectivity index (χ0v) is 49.2. The van der Waals surface area contributed by atoms with Crippen LogP contribution in [-0.4, -0.2) is 143 Å². The van der Waals surface area contributed by atoms with Gasteiger partial charge >= 0.3 is 5.97 Å². The second kappa shape index (κ2) is 29.2. The molecule has 0 spiro atoms. The third-order valence-corrected chi connectivity index (χ3v) is 21.7. The minimum absolute atomic E-state index is 0.0550. The lowest BCUT2D eigenvalue weighted by atomic mass is 9.78. The fraction of sp³-hybridized carbons (Fsp3) is 0.797. The number of hydrogen-bond acceptors (Lipinski definition) is 13. The van der Waals surface area contributed by atoms with Gasteiger partial charge in [0.1, 0.15) is 24.4 Å². The van der Waals surface area contributed by atoms with Gasteiger partial charge in [-0.1, -0.05) is 91.8 Å². The van der Waals surface area contributed by atoms with Crippen molar-refractivity contribution in [3.05, 3.63) is 47.6 Å². The number of ketones is 2. The second-order valence-electron chi connectivity index (χ2n) is 24.1. The van der Waals surface area contributed by atoms with Gasteiger partial charge in [-0.3, -0.25) is 14.4 Å². The zero-order valence-electron chi connectivity index (χ0n) is 48.2. The highest BCUT2D eigenvalue weighted by Crippen LogP contribution is 2.39. The molecule has 2 bridgehead atoms. The zero-order chi connectivity index (χ0) is 55.1. The molecule has 4 rings (SSSR count). The number of esters is 1. The van der Waals surface area contributed by atoms with E-state index in [1.807, 2.05) is 64.2 Å². The molecule has 14 nitrogen and oxygen atoms in total. The first kappa shape index (κ1) is 63.7. The van der Waals surface area contributed by atoms with Crippen molar-refractivity contribution in [3.63, 3.8) is 0 Å². The van der Waals surface area contributed by atoms with Gasteiger partial charge < -0.3 is 48.0 Å². The van der Waals surface area contributed by atoms with Crippen LogP contribution in [0.5, 0.6) is 0 Å². The molecule has 3 aliphatic heterocycles. The number of hydrogen-bond donors (Lipinski definition) is 2. The molecule has 0 unspecified atom stereocenters. The molecule has 2 N–H and O–H groups in total. The maximum atomic E-state index is 14.6. The molecule has 1 aliphatic carbocycles. The molecule has 2 saturated heterocycles. The van der Waals surface area contributed by atoms with Crippen molar-refractivity contribution in [2.75, 3.05) is 41.1 Å². The van der Waals surface area contributed by atoms with Crippen LogP contribution in [0.15, 0.2) is 47.6 Å². The lowest BCUT2D eigenvalue weighted by Crippen LogP contribution is -2.61. The van der Waals surface area contributed by atoms with Crippen LogP contribution in [0, 0.1) is 35.5 Å². The summed E-state index contributed by atoms with van der Waals surface area (Å²) in [5.41, 5.74) is 1.52. The third-order valence-electron chi connectivity index (χ3n) is 17.2. The number of aliphatic hydroxyl groups excluding tert-OH is 1. The monoisotopic (exact) mass is 1060 g/mol. The maximum Gasteiger partial charge on any atom is 0.329 e. The first-order valence-electron chi connectivity index (χ1n) is 28.0. The number of fused-ring (bicyclic) bond motifs is 3. The van der Waals surface area contributed by atoms with E-state index in [1.165, 1.54) is 12.0 Å². The number of carbonyl (C=O) groups excluding carboxylic acids is 4. The number of piperidine rings is 1. The van der Waals surface area contributed by atoms with Crippen molar-refractivity contribution >= 4 is 31.8 Å². The van der Waals surface area contributed by atoms with Gasteiger partial charge in [0, 0.05) is 46.1 Å². The average Bonchev–Trinajstić information content (AvgIpc) is 3.35. The molecule has 3 fully saturated rings. The molecule has 15 heteroatoms. The summed E-state index contributed by atoms with van der Waals surface area (Å²) in [5, 5.41) is 23.7. The highest BCUT2D eigenvalue weighted by molar-refractivity contribution is 6.74. The number of methoxy groups -OCH3 is 3. The number of amides is 1. The fourth-order valence-corrected chi connectivity index (χ4v) is 12.2. The van der Waals surface area contributed by atoms with E-state index >= 15 is 0 Å². The highest BCUT2D eigenvalue weighted by atomic mass is 28.4. The SMILES string of the molecule is CO[C@H]1C[C@@H]2CC[C@@H](C)[C@@](O)(O2)C(=O)C(=O)N2CCCC[C@H]2C(=O)O[C@H]([C@H](C)C[C@@H]2CC[C@@H](OCCO[Si](C)(C)C(C)(C)C)[C@H](OC)C2)CC[C@H](C)/C=C(\C)[C@@H](O)[C@@H](OC)C(=O)[C@H](C)C[C@H](C)/C=C/C=CC=C1C. The van der Waals surface area contributed by atoms with Gasteiger partial charge in [-0.05, 0) is 144 Å². The van der Waals surface area contributed by atoms with Crippen LogP contribution < -0.4 is 0 Å². The van der Waals surface area contributed by atoms with E-state index < -0.39 is 74.2 Å². The molecule has 0 aromatic heterocycles. The van der Waals surface area contributed by atoms with E-state index in [1.54, 1.807) is 21.1 Å². The molecular weight excluding hydrogens is 959 g/mol. The quantitative estimate of drug-likeness (QED) is 0.0658. The first-order valence-corrected chi connectivity index (χ1v) is 30.9. The van der Waals surface area contributed by atoms with Crippen molar-refractivity contribution in [1.29, 1.82) is 0 Å². The summed E-state index contributed by atoms with van der Waals surface area (Å²) in [7, 11) is 2.89. The van der Waals surface area contributed by atoms with Crippen molar-refractivity contribution in [2.24, 2.45) is 35.5 Å². The molecule has 15 atom stereocenters. The van der Waals surface area contributed by atoms with Crippen molar-refractivity contribution in [2.45, 2.75) is 225 Å². The summed E-state index contributed by atoms with van der Waals surface area (Å²) in [6, 6.07) is -1.02. The summed E-state index contributed by atoms with van der Waals surface area (Å²) in [6.45, 7) is 25.9. The van der Waals surface area contributed by atoms with Crippen LogP contribution in [-0.2, 0) is 52.0 Å². The van der Waals surface area contributed by atoms with Crippen LogP contribution in [0.1, 0.15) is 153 Å². The molecule has 422 valence electrons. The Morgan fingerprint density at radius 1 is 0.811 bits per heavy atom. The first-order chi connectivity index (χ1) is 34.8.